The van der Waals surface area contributed by atoms with Gasteiger partial charge in [0.1, 0.15) is 18.5 Å². The van der Waals surface area contributed by atoms with E-state index < -0.39 is 12.1 Å². The summed E-state index contributed by atoms with van der Waals surface area (Å²) < 4.78 is 5.72. The number of carbonyl (C=O) groups is 2. The van der Waals surface area contributed by atoms with Crippen LogP contribution in [-0.2, 0) is 4.79 Å². The summed E-state index contributed by atoms with van der Waals surface area (Å²) in [6, 6.07) is 14.9. The summed E-state index contributed by atoms with van der Waals surface area (Å²) in [4.78, 5) is 21.5. The van der Waals surface area contributed by atoms with Crippen LogP contribution in [0.25, 0.3) is 10.8 Å². The number of ether oxygens (including phenoxy) is 1. The predicted molar refractivity (Wildman–Crippen MR) is 140 cm³/mol. The number of hydrogen-bond donors (Lipinski definition) is 5. The molecule has 1 unspecified atom stereocenters. The van der Waals surface area contributed by atoms with Crippen LogP contribution in [0.3, 0.4) is 0 Å². The summed E-state index contributed by atoms with van der Waals surface area (Å²) in [6.45, 7) is 4.95. The SMILES string of the molecule is CC(C)NCC(O)COc1cccc2ccccc12.O=C(O)CCCC[C@@H]1SC[C@@H]2NC(=O)N[C@@H]21. The van der Waals surface area contributed by atoms with Crippen molar-refractivity contribution in [3.05, 3.63) is 42.5 Å². The fraction of sp³-hybridized carbons (Fsp3) is 0.538. The van der Waals surface area contributed by atoms with Crippen LogP contribution >= 0.6 is 11.8 Å². The number of urea groups is 1. The van der Waals surface area contributed by atoms with Crippen LogP contribution in [0.15, 0.2) is 42.5 Å². The van der Waals surface area contributed by atoms with Crippen LogP contribution in [-0.4, -0.2) is 70.6 Å². The highest BCUT2D eigenvalue weighted by Gasteiger charge is 2.42. The predicted octanol–water partition coefficient (Wildman–Crippen LogP) is 3.37. The van der Waals surface area contributed by atoms with E-state index in [2.05, 4.69) is 41.9 Å². The highest BCUT2D eigenvalue weighted by molar-refractivity contribution is 8.00. The molecule has 2 aliphatic rings. The first-order valence-electron chi connectivity index (χ1n) is 12.3. The second-order valence-corrected chi connectivity index (χ2v) is 10.5. The van der Waals surface area contributed by atoms with Gasteiger partial charge in [0.15, 0.2) is 0 Å². The quantitative estimate of drug-likeness (QED) is 0.236. The maximum Gasteiger partial charge on any atom is 0.315 e. The monoisotopic (exact) mass is 503 g/mol. The molecule has 2 aromatic carbocycles. The molecule has 2 heterocycles. The Morgan fingerprint density at radius 3 is 2.71 bits per heavy atom. The first-order valence-corrected chi connectivity index (χ1v) is 13.3. The molecule has 4 rings (SSSR count). The molecule has 0 saturated carbocycles. The summed E-state index contributed by atoms with van der Waals surface area (Å²) in [6.07, 6.45) is 2.38. The summed E-state index contributed by atoms with van der Waals surface area (Å²) in [5.74, 6) is 1.06. The number of aliphatic hydroxyl groups excluding tert-OH is 1. The number of benzene rings is 2. The van der Waals surface area contributed by atoms with E-state index in [1.54, 1.807) is 0 Å². The van der Waals surface area contributed by atoms with Crippen molar-refractivity contribution in [1.29, 1.82) is 0 Å². The van der Waals surface area contributed by atoms with Gasteiger partial charge in [-0.3, -0.25) is 4.79 Å². The Hall–Kier alpha value is -2.49. The molecule has 2 amide bonds. The van der Waals surface area contributed by atoms with Gasteiger partial charge >= 0.3 is 12.0 Å². The van der Waals surface area contributed by atoms with Crippen molar-refractivity contribution in [1.82, 2.24) is 16.0 Å². The molecule has 4 atom stereocenters. The van der Waals surface area contributed by atoms with Gasteiger partial charge in [0.05, 0.1) is 12.1 Å². The topological polar surface area (TPSA) is 120 Å². The number of carboxylic acid groups (broad SMARTS) is 1. The standard InChI is InChI=1S/C16H21NO2.C10H16N2O3S/c1-12(2)17-10-14(18)11-19-16-9-5-7-13-6-3-4-8-15(13)16;13-8(14)4-2-1-3-7-9-6(5-16-7)11-10(15)12-9/h3-9,12,14,17-18H,10-11H2,1-2H3;6-7,9H,1-5H2,(H,13,14)(H2,11,12,15)/t;6-,7-,9-/m.0/s1. The molecule has 0 spiro atoms. The number of amides is 2. The molecule has 2 aliphatic heterocycles. The van der Waals surface area contributed by atoms with Crippen LogP contribution in [0.5, 0.6) is 5.75 Å². The highest BCUT2D eigenvalue weighted by atomic mass is 32.2. The first kappa shape index (κ1) is 27.1. The van der Waals surface area contributed by atoms with Gasteiger partial charge in [0.25, 0.3) is 0 Å². The summed E-state index contributed by atoms with van der Waals surface area (Å²) in [7, 11) is 0. The Kier molecular flexibility index (Phi) is 10.5. The second kappa shape index (κ2) is 13.6. The third-order valence-corrected chi connectivity index (χ3v) is 7.52. The molecule has 2 aromatic rings. The van der Waals surface area contributed by atoms with E-state index in [9.17, 15) is 14.7 Å². The van der Waals surface area contributed by atoms with Gasteiger partial charge in [-0.25, -0.2) is 4.79 Å². The molecule has 192 valence electrons. The largest absolute Gasteiger partial charge is 0.490 e. The number of nitrogens with one attached hydrogen (secondary N) is 3. The molecule has 2 fully saturated rings. The molecule has 2 saturated heterocycles. The van der Waals surface area contributed by atoms with Gasteiger partial charge in [-0.05, 0) is 24.3 Å². The maximum atomic E-state index is 11.1. The van der Waals surface area contributed by atoms with Gasteiger partial charge in [-0.2, -0.15) is 11.8 Å². The zero-order chi connectivity index (χ0) is 25.2. The Morgan fingerprint density at radius 2 is 1.94 bits per heavy atom. The van der Waals surface area contributed by atoms with Gasteiger partial charge in [-0.15, -0.1) is 0 Å². The number of fused-ring (bicyclic) bond motifs is 2. The molecular weight excluding hydrogens is 466 g/mol. The fourth-order valence-corrected chi connectivity index (χ4v) is 5.75. The maximum absolute atomic E-state index is 11.1. The number of aliphatic carboxylic acids is 1. The number of aliphatic hydroxyl groups is 1. The number of rotatable bonds is 11. The minimum atomic E-state index is -0.729. The molecule has 8 nitrogen and oxygen atoms in total. The molecule has 0 radical (unpaired) electrons. The van der Waals surface area contributed by atoms with E-state index in [4.69, 9.17) is 9.84 Å². The van der Waals surface area contributed by atoms with Gasteiger partial charge < -0.3 is 30.9 Å². The summed E-state index contributed by atoms with van der Waals surface area (Å²) >= 11 is 1.87. The van der Waals surface area contributed by atoms with Crippen LogP contribution in [0.1, 0.15) is 39.5 Å². The minimum absolute atomic E-state index is 0.0640. The lowest BCUT2D eigenvalue weighted by atomic mass is 10.0. The van der Waals surface area contributed by atoms with Crippen LogP contribution in [0, 0.1) is 0 Å². The number of carbonyl (C=O) groups excluding carboxylic acids is 1. The van der Waals surface area contributed by atoms with Gasteiger partial charge in [-0.1, -0.05) is 56.7 Å². The molecule has 0 aromatic heterocycles. The van der Waals surface area contributed by atoms with E-state index >= 15 is 0 Å². The van der Waals surface area contributed by atoms with E-state index in [-0.39, 0.29) is 24.5 Å². The smallest absolute Gasteiger partial charge is 0.315 e. The van der Waals surface area contributed by atoms with Gasteiger partial charge in [0, 0.05) is 35.4 Å². The molecule has 0 aliphatic carbocycles. The number of thioether (sulfide) groups is 1. The van der Waals surface area contributed by atoms with Gasteiger partial charge in [0.2, 0.25) is 0 Å². The van der Waals surface area contributed by atoms with Crippen molar-refractivity contribution in [2.24, 2.45) is 0 Å². The third-order valence-electron chi connectivity index (χ3n) is 6.01. The number of carboxylic acids is 1. The zero-order valence-corrected chi connectivity index (χ0v) is 21.2. The molecule has 9 heteroatoms. The van der Waals surface area contributed by atoms with Crippen LogP contribution < -0.4 is 20.7 Å². The van der Waals surface area contributed by atoms with E-state index in [0.29, 0.717) is 24.4 Å². The summed E-state index contributed by atoms with van der Waals surface area (Å²) in [5, 5.41) is 30.0. The fourth-order valence-electron chi connectivity index (χ4n) is 4.20. The van der Waals surface area contributed by atoms with E-state index in [1.807, 2.05) is 42.1 Å². The normalized spacial score (nSPS) is 21.6. The third kappa shape index (κ3) is 8.59. The van der Waals surface area contributed by atoms with Crippen molar-refractivity contribution < 1.29 is 24.5 Å². The van der Waals surface area contributed by atoms with Crippen LogP contribution in [0.2, 0.25) is 0 Å². The van der Waals surface area contributed by atoms with E-state index in [0.717, 1.165) is 41.5 Å². The molecule has 0 bridgehead atoms. The van der Waals surface area contributed by atoms with Crippen molar-refractivity contribution in [3.63, 3.8) is 0 Å². The van der Waals surface area contributed by atoms with Crippen molar-refractivity contribution in [3.8, 4) is 5.75 Å². The molecular formula is C26H37N3O5S. The Labute approximate surface area is 211 Å². The van der Waals surface area contributed by atoms with Crippen molar-refractivity contribution in [2.45, 2.75) is 69.0 Å². The first-order chi connectivity index (χ1) is 16.8. The second-order valence-electron chi connectivity index (χ2n) is 9.27. The summed E-state index contributed by atoms with van der Waals surface area (Å²) in [5.41, 5.74) is 0. The molecule has 35 heavy (non-hydrogen) atoms. The minimum Gasteiger partial charge on any atom is -0.490 e. The van der Waals surface area contributed by atoms with Crippen molar-refractivity contribution in [2.75, 3.05) is 18.9 Å². The zero-order valence-electron chi connectivity index (χ0n) is 20.4. The van der Waals surface area contributed by atoms with E-state index in [1.165, 1.54) is 0 Å². The average Bonchev–Trinajstić information content (AvgIpc) is 3.38. The van der Waals surface area contributed by atoms with Crippen molar-refractivity contribution >= 4 is 34.5 Å². The lowest BCUT2D eigenvalue weighted by molar-refractivity contribution is -0.137. The Bertz CT molecular complexity index is 968. The average molecular weight is 504 g/mol. The van der Waals surface area contributed by atoms with Crippen LogP contribution in [0.4, 0.5) is 4.79 Å². The number of unbranched alkanes of at least 4 members (excludes halogenated alkanes) is 1. The lowest BCUT2D eigenvalue weighted by Gasteiger charge is -2.16. The molecule has 5 N–H and O–H groups in total. The number of hydrogen-bond acceptors (Lipinski definition) is 6. The highest BCUT2D eigenvalue weighted by Crippen LogP contribution is 2.33. The Morgan fingerprint density at radius 1 is 1.17 bits per heavy atom. The lowest BCUT2D eigenvalue weighted by Crippen LogP contribution is -2.36. The Balaban J connectivity index is 0.000000198.